The molecule has 2 fully saturated rings. The number of piperidine rings is 1. The second-order valence-electron chi connectivity index (χ2n) is 7.65. The Morgan fingerprint density at radius 3 is 2.76 bits per heavy atom. The van der Waals surface area contributed by atoms with Gasteiger partial charge >= 0.3 is 6.09 Å². The lowest BCUT2D eigenvalue weighted by Gasteiger charge is -2.29. The first-order valence-electron chi connectivity index (χ1n) is 8.20. The van der Waals surface area contributed by atoms with Crippen LogP contribution in [0, 0.1) is 24.6 Å². The van der Waals surface area contributed by atoms with Crippen LogP contribution in [0.1, 0.15) is 32.8 Å². The van der Waals surface area contributed by atoms with Gasteiger partial charge in [0.05, 0.1) is 0 Å². The minimum atomic E-state index is -0.620. The Labute approximate surface area is 154 Å². The Morgan fingerprint density at radius 2 is 2.12 bits per heavy atom. The summed E-state index contributed by atoms with van der Waals surface area (Å²) < 4.78 is 18.9. The Balaban J connectivity index is 1.76. The molecule has 2 aliphatic rings. The number of nitrogens with one attached hydrogen (secondary N) is 1. The van der Waals surface area contributed by atoms with Crippen LogP contribution in [0.5, 0.6) is 0 Å². The Morgan fingerprint density at radius 1 is 1.44 bits per heavy atom. The fourth-order valence-corrected chi connectivity index (χ4v) is 3.48. The van der Waals surface area contributed by atoms with Crippen LogP contribution in [0.2, 0.25) is 0 Å². The highest BCUT2D eigenvalue weighted by Crippen LogP contribution is 2.50. The van der Waals surface area contributed by atoms with E-state index in [1.165, 1.54) is 11.0 Å². The van der Waals surface area contributed by atoms with E-state index in [1.807, 2.05) is 0 Å². The monoisotopic (exact) mass is 413 g/mol. The maximum absolute atomic E-state index is 13.5. The average molecular weight is 414 g/mol. The number of carbonyl (C=O) groups is 2. The van der Waals surface area contributed by atoms with Gasteiger partial charge in [-0.2, -0.15) is 0 Å². The summed E-state index contributed by atoms with van der Waals surface area (Å²) in [5.74, 6) is -0.0283. The maximum Gasteiger partial charge on any atom is 0.410 e. The van der Waals surface area contributed by atoms with Gasteiger partial charge in [-0.3, -0.25) is 9.69 Å². The topological polar surface area (TPSA) is 71.5 Å². The maximum atomic E-state index is 13.5. The number of fused-ring (bicyclic) bond motifs is 1. The number of aromatic nitrogens is 1. The number of pyridine rings is 1. The molecule has 25 heavy (non-hydrogen) atoms. The largest absolute Gasteiger partial charge is 0.444 e. The molecule has 0 aromatic carbocycles. The summed E-state index contributed by atoms with van der Waals surface area (Å²) in [5, 5.41) is 2.73. The number of nitrogens with zero attached hydrogens (tertiary/aromatic N) is 2. The summed E-state index contributed by atoms with van der Waals surface area (Å²) >= 11 is 3.02. The van der Waals surface area contributed by atoms with E-state index in [0.29, 0.717) is 18.0 Å². The summed E-state index contributed by atoms with van der Waals surface area (Å²) in [6, 6.07) is 0.720. The second-order valence-corrected chi connectivity index (χ2v) is 8.40. The van der Waals surface area contributed by atoms with E-state index in [2.05, 4.69) is 26.2 Å². The lowest BCUT2D eigenvalue weighted by Crippen LogP contribution is -2.47. The molecule has 8 heteroatoms. The fraction of sp³-hybridized carbons (Fsp3) is 0.588. The number of rotatable bonds is 2. The fourth-order valence-electron chi connectivity index (χ4n) is 3.18. The van der Waals surface area contributed by atoms with Crippen LogP contribution in [-0.2, 0) is 9.53 Å². The summed E-state index contributed by atoms with van der Waals surface area (Å²) in [4.78, 5) is 30.7. The standard InChI is InChI=1S/C17H21BrFN3O3/c1-8-5-11(19)13(18)20-14(8)21-15(23)12-10-6-9(10)7-22(12)16(24)25-17(2,3)4/h5,9-10,12H,6-7H2,1-4H3,(H,20,21,23). The highest BCUT2D eigenvalue weighted by molar-refractivity contribution is 9.10. The predicted molar refractivity (Wildman–Crippen MR) is 93.6 cm³/mol. The minimum Gasteiger partial charge on any atom is -0.444 e. The van der Waals surface area contributed by atoms with Crippen molar-refractivity contribution in [2.75, 3.05) is 11.9 Å². The third kappa shape index (κ3) is 3.78. The van der Waals surface area contributed by atoms with Crippen molar-refractivity contribution < 1.29 is 18.7 Å². The highest BCUT2D eigenvalue weighted by Gasteiger charge is 2.57. The number of carbonyl (C=O) groups excluding carboxylic acids is 2. The quantitative estimate of drug-likeness (QED) is 0.753. The molecule has 3 unspecified atom stereocenters. The van der Waals surface area contributed by atoms with Crippen LogP contribution in [0.4, 0.5) is 15.0 Å². The molecule has 2 amide bonds. The predicted octanol–water partition coefficient (Wildman–Crippen LogP) is 3.49. The molecule has 0 bridgehead atoms. The molecule has 1 aromatic rings. The normalized spacial score (nSPS) is 24.7. The zero-order valence-corrected chi connectivity index (χ0v) is 16.2. The van der Waals surface area contributed by atoms with Gasteiger partial charge in [0.2, 0.25) is 5.91 Å². The van der Waals surface area contributed by atoms with Crippen molar-refractivity contribution in [3.8, 4) is 0 Å². The van der Waals surface area contributed by atoms with Crippen molar-refractivity contribution in [1.29, 1.82) is 0 Å². The van der Waals surface area contributed by atoms with Crippen LogP contribution < -0.4 is 5.32 Å². The van der Waals surface area contributed by atoms with Gasteiger partial charge in [0.15, 0.2) is 5.82 Å². The molecular weight excluding hydrogens is 393 g/mol. The first kappa shape index (κ1) is 18.1. The van der Waals surface area contributed by atoms with Gasteiger partial charge in [0.25, 0.3) is 0 Å². The van der Waals surface area contributed by atoms with Gasteiger partial charge in [-0.15, -0.1) is 0 Å². The van der Waals surface area contributed by atoms with Crippen molar-refractivity contribution in [2.45, 2.75) is 45.8 Å². The molecule has 6 nitrogen and oxygen atoms in total. The number of halogens is 2. The van der Waals surface area contributed by atoms with Gasteiger partial charge < -0.3 is 10.1 Å². The molecule has 2 heterocycles. The van der Waals surface area contributed by atoms with Crippen LogP contribution in [-0.4, -0.2) is 40.1 Å². The van der Waals surface area contributed by atoms with Gasteiger partial charge in [-0.1, -0.05) is 0 Å². The van der Waals surface area contributed by atoms with Crippen molar-refractivity contribution in [1.82, 2.24) is 9.88 Å². The van der Waals surface area contributed by atoms with Gasteiger partial charge in [-0.05, 0) is 73.5 Å². The molecule has 1 saturated carbocycles. The van der Waals surface area contributed by atoms with Gasteiger partial charge in [-0.25, -0.2) is 14.2 Å². The zero-order valence-electron chi connectivity index (χ0n) is 14.6. The third-order valence-electron chi connectivity index (χ3n) is 4.41. The number of aryl methyl sites for hydroxylation is 1. The number of ether oxygens (including phenoxy) is 1. The lowest BCUT2D eigenvalue weighted by atomic mass is 10.1. The number of hydrogen-bond donors (Lipinski definition) is 1. The summed E-state index contributed by atoms with van der Waals surface area (Å²) in [6.07, 6.45) is 0.446. The molecule has 1 aliphatic carbocycles. The van der Waals surface area contributed by atoms with E-state index in [9.17, 15) is 14.0 Å². The number of amides is 2. The van der Waals surface area contributed by atoms with E-state index in [-0.39, 0.29) is 22.2 Å². The molecule has 1 N–H and O–H groups in total. The lowest BCUT2D eigenvalue weighted by molar-refractivity contribution is -0.121. The van der Waals surface area contributed by atoms with E-state index in [0.717, 1.165) is 6.42 Å². The first-order chi connectivity index (χ1) is 11.6. The molecule has 3 rings (SSSR count). The zero-order chi connectivity index (χ0) is 18.5. The number of anilines is 1. The van der Waals surface area contributed by atoms with Crippen molar-refractivity contribution in [3.63, 3.8) is 0 Å². The first-order valence-corrected chi connectivity index (χ1v) is 8.99. The second kappa shape index (κ2) is 6.23. The van der Waals surface area contributed by atoms with Gasteiger partial charge in [0.1, 0.15) is 22.1 Å². The summed E-state index contributed by atoms with van der Waals surface area (Å²) in [7, 11) is 0. The molecular formula is C17H21BrFN3O3. The smallest absolute Gasteiger partial charge is 0.410 e. The minimum absolute atomic E-state index is 0.0353. The Hall–Kier alpha value is -1.70. The van der Waals surface area contributed by atoms with Crippen LogP contribution in [0.3, 0.4) is 0 Å². The Bertz CT molecular complexity index is 735. The molecule has 1 aromatic heterocycles. The SMILES string of the molecule is Cc1cc(F)c(Br)nc1NC(=O)C1C2CC2CN1C(=O)OC(C)(C)C. The number of hydrogen-bond acceptors (Lipinski definition) is 4. The molecule has 1 saturated heterocycles. The van der Waals surface area contributed by atoms with E-state index >= 15 is 0 Å². The van der Waals surface area contributed by atoms with Gasteiger partial charge in [0, 0.05) is 6.54 Å². The Kier molecular flexibility index (Phi) is 4.51. The molecule has 3 atom stereocenters. The van der Waals surface area contributed by atoms with Crippen molar-refractivity contribution >= 4 is 33.7 Å². The number of likely N-dealkylation sites (tertiary alicyclic amines) is 1. The highest BCUT2D eigenvalue weighted by atomic mass is 79.9. The van der Waals surface area contributed by atoms with Crippen molar-refractivity contribution in [2.24, 2.45) is 11.8 Å². The summed E-state index contributed by atoms with van der Waals surface area (Å²) in [5.41, 5.74) is -0.103. The van der Waals surface area contributed by atoms with Crippen LogP contribution in [0.15, 0.2) is 10.7 Å². The molecule has 0 radical (unpaired) electrons. The average Bonchev–Trinajstić information content (AvgIpc) is 3.13. The van der Waals surface area contributed by atoms with E-state index in [1.54, 1.807) is 27.7 Å². The van der Waals surface area contributed by atoms with E-state index < -0.39 is 23.6 Å². The molecule has 0 spiro atoms. The van der Waals surface area contributed by atoms with E-state index in [4.69, 9.17) is 4.74 Å². The summed E-state index contributed by atoms with van der Waals surface area (Å²) in [6.45, 7) is 7.57. The molecule has 1 aliphatic heterocycles. The van der Waals surface area contributed by atoms with Crippen LogP contribution >= 0.6 is 15.9 Å². The molecule has 136 valence electrons. The van der Waals surface area contributed by atoms with Crippen LogP contribution in [0.25, 0.3) is 0 Å². The third-order valence-corrected chi connectivity index (χ3v) is 4.97. The van der Waals surface area contributed by atoms with Crippen molar-refractivity contribution in [3.05, 3.63) is 22.1 Å².